The SMILES string of the molecule is O=C1CSC(c2cccc(F)c2)N1c1cnccn1. The lowest BCUT2D eigenvalue weighted by Gasteiger charge is -2.22. The van der Waals surface area contributed by atoms with E-state index >= 15 is 0 Å². The van der Waals surface area contributed by atoms with E-state index in [0.717, 1.165) is 5.56 Å². The van der Waals surface area contributed by atoms with Gasteiger partial charge in [0.15, 0.2) is 5.82 Å². The number of carbonyl (C=O) groups excluding carboxylic acids is 1. The summed E-state index contributed by atoms with van der Waals surface area (Å²) in [5.74, 6) is 0.501. The summed E-state index contributed by atoms with van der Waals surface area (Å²) in [5.41, 5.74) is 0.751. The number of hydrogen-bond donors (Lipinski definition) is 0. The van der Waals surface area contributed by atoms with Gasteiger partial charge in [0, 0.05) is 12.4 Å². The zero-order valence-corrected chi connectivity index (χ0v) is 10.7. The Morgan fingerprint density at radius 3 is 3.00 bits per heavy atom. The van der Waals surface area contributed by atoms with E-state index in [-0.39, 0.29) is 17.1 Å². The highest BCUT2D eigenvalue weighted by atomic mass is 32.2. The molecule has 1 unspecified atom stereocenters. The van der Waals surface area contributed by atoms with Gasteiger partial charge < -0.3 is 0 Å². The fraction of sp³-hybridized carbons (Fsp3) is 0.154. The summed E-state index contributed by atoms with van der Waals surface area (Å²) < 4.78 is 13.3. The van der Waals surface area contributed by atoms with Gasteiger partial charge in [0.25, 0.3) is 0 Å². The van der Waals surface area contributed by atoms with Crippen molar-refractivity contribution in [1.82, 2.24) is 9.97 Å². The second-order valence-corrected chi connectivity index (χ2v) is 5.11. The fourth-order valence-electron chi connectivity index (χ4n) is 1.99. The molecular formula is C13H10FN3OS. The molecule has 1 aromatic heterocycles. The minimum Gasteiger partial charge on any atom is -0.278 e. The Balaban J connectivity index is 1.99. The zero-order valence-electron chi connectivity index (χ0n) is 9.86. The Kier molecular flexibility index (Phi) is 3.16. The molecule has 0 radical (unpaired) electrons. The fourth-order valence-corrected chi connectivity index (χ4v) is 3.15. The highest BCUT2D eigenvalue weighted by Crippen LogP contribution is 2.40. The maximum Gasteiger partial charge on any atom is 0.239 e. The maximum absolute atomic E-state index is 13.3. The van der Waals surface area contributed by atoms with Crippen LogP contribution in [0.5, 0.6) is 0 Å². The van der Waals surface area contributed by atoms with E-state index in [1.165, 1.54) is 36.3 Å². The average Bonchev–Trinajstić information content (AvgIpc) is 2.82. The highest BCUT2D eigenvalue weighted by molar-refractivity contribution is 8.00. The van der Waals surface area contributed by atoms with Crippen LogP contribution in [0.3, 0.4) is 0 Å². The Hall–Kier alpha value is -1.95. The van der Waals surface area contributed by atoms with Crippen molar-refractivity contribution >= 4 is 23.5 Å². The Labute approximate surface area is 113 Å². The molecule has 1 saturated heterocycles. The summed E-state index contributed by atoms with van der Waals surface area (Å²) in [6.07, 6.45) is 4.62. The molecule has 1 aliphatic heterocycles. The number of nitrogens with zero attached hydrogens (tertiary/aromatic N) is 3. The second kappa shape index (κ2) is 4.97. The Morgan fingerprint density at radius 2 is 2.26 bits per heavy atom. The van der Waals surface area contributed by atoms with E-state index in [0.29, 0.717) is 11.6 Å². The number of carbonyl (C=O) groups is 1. The van der Waals surface area contributed by atoms with Crippen LogP contribution < -0.4 is 4.90 Å². The minimum absolute atomic E-state index is 0.0419. The maximum atomic E-state index is 13.3. The van der Waals surface area contributed by atoms with Crippen LogP contribution in [-0.4, -0.2) is 21.6 Å². The molecule has 2 aromatic rings. The van der Waals surface area contributed by atoms with Crippen LogP contribution in [0.15, 0.2) is 42.9 Å². The normalized spacial score (nSPS) is 18.9. The molecule has 1 atom stereocenters. The number of thioether (sulfide) groups is 1. The van der Waals surface area contributed by atoms with Crippen molar-refractivity contribution in [1.29, 1.82) is 0 Å². The molecule has 6 heteroatoms. The molecule has 2 heterocycles. The molecule has 1 aliphatic rings. The van der Waals surface area contributed by atoms with E-state index in [9.17, 15) is 9.18 Å². The lowest BCUT2D eigenvalue weighted by molar-refractivity contribution is -0.115. The van der Waals surface area contributed by atoms with Crippen LogP contribution in [0.25, 0.3) is 0 Å². The molecule has 1 aromatic carbocycles. The van der Waals surface area contributed by atoms with E-state index < -0.39 is 0 Å². The van der Waals surface area contributed by atoms with Crippen LogP contribution in [0, 0.1) is 5.82 Å². The van der Waals surface area contributed by atoms with Crippen LogP contribution >= 0.6 is 11.8 Å². The van der Waals surface area contributed by atoms with Gasteiger partial charge in [0.1, 0.15) is 11.2 Å². The van der Waals surface area contributed by atoms with E-state index in [2.05, 4.69) is 9.97 Å². The molecule has 0 aliphatic carbocycles. The molecule has 0 N–H and O–H groups in total. The number of benzene rings is 1. The van der Waals surface area contributed by atoms with Gasteiger partial charge in [-0.1, -0.05) is 12.1 Å². The zero-order chi connectivity index (χ0) is 13.2. The third kappa shape index (κ3) is 2.31. The van der Waals surface area contributed by atoms with Crippen LogP contribution in [0.4, 0.5) is 10.2 Å². The summed E-state index contributed by atoms with van der Waals surface area (Å²) in [5, 5.41) is -0.250. The van der Waals surface area contributed by atoms with Crippen molar-refractivity contribution < 1.29 is 9.18 Å². The molecule has 0 spiro atoms. The van der Waals surface area contributed by atoms with Gasteiger partial charge in [-0.25, -0.2) is 9.37 Å². The third-order valence-corrected chi connectivity index (χ3v) is 4.01. The van der Waals surface area contributed by atoms with Gasteiger partial charge in [0.05, 0.1) is 11.9 Å². The predicted molar refractivity (Wildman–Crippen MR) is 71.1 cm³/mol. The highest BCUT2D eigenvalue weighted by Gasteiger charge is 2.35. The van der Waals surface area contributed by atoms with Crippen molar-refractivity contribution in [3.8, 4) is 0 Å². The first kappa shape index (κ1) is 12.1. The number of amides is 1. The third-order valence-electron chi connectivity index (χ3n) is 2.80. The molecule has 0 saturated carbocycles. The number of halogens is 1. The van der Waals surface area contributed by atoms with Gasteiger partial charge in [0.2, 0.25) is 5.91 Å². The molecule has 96 valence electrons. The van der Waals surface area contributed by atoms with E-state index in [4.69, 9.17) is 0 Å². The summed E-state index contributed by atoms with van der Waals surface area (Å²) in [7, 11) is 0. The van der Waals surface area contributed by atoms with Crippen molar-refractivity contribution in [2.45, 2.75) is 5.37 Å². The molecule has 1 amide bonds. The Bertz CT molecular complexity index is 608. The van der Waals surface area contributed by atoms with Crippen LogP contribution in [-0.2, 0) is 4.79 Å². The van der Waals surface area contributed by atoms with E-state index in [1.54, 1.807) is 17.2 Å². The Morgan fingerprint density at radius 1 is 1.37 bits per heavy atom. The molecule has 4 nitrogen and oxygen atoms in total. The van der Waals surface area contributed by atoms with Crippen LogP contribution in [0.2, 0.25) is 0 Å². The van der Waals surface area contributed by atoms with Gasteiger partial charge in [-0.3, -0.25) is 14.7 Å². The summed E-state index contributed by atoms with van der Waals surface area (Å²) in [4.78, 5) is 21.7. The molecule has 0 bridgehead atoms. The second-order valence-electron chi connectivity index (χ2n) is 4.05. The lowest BCUT2D eigenvalue weighted by Crippen LogP contribution is -2.28. The average molecular weight is 275 g/mol. The van der Waals surface area contributed by atoms with Gasteiger partial charge in [-0.15, -0.1) is 11.8 Å². The van der Waals surface area contributed by atoms with Gasteiger partial charge in [-0.2, -0.15) is 0 Å². The van der Waals surface area contributed by atoms with Crippen LogP contribution in [0.1, 0.15) is 10.9 Å². The minimum atomic E-state index is -0.309. The summed E-state index contributed by atoms with van der Waals surface area (Å²) >= 11 is 1.46. The van der Waals surface area contributed by atoms with E-state index in [1.807, 2.05) is 6.07 Å². The number of rotatable bonds is 2. The molecule has 3 rings (SSSR count). The molecule has 1 fully saturated rings. The van der Waals surface area contributed by atoms with Crippen molar-refractivity contribution in [2.75, 3.05) is 10.7 Å². The smallest absolute Gasteiger partial charge is 0.239 e. The van der Waals surface area contributed by atoms with Gasteiger partial charge in [-0.05, 0) is 17.7 Å². The molecular weight excluding hydrogens is 265 g/mol. The molecule has 19 heavy (non-hydrogen) atoms. The van der Waals surface area contributed by atoms with Gasteiger partial charge >= 0.3 is 0 Å². The lowest BCUT2D eigenvalue weighted by atomic mass is 10.2. The van der Waals surface area contributed by atoms with Crippen molar-refractivity contribution in [2.24, 2.45) is 0 Å². The first-order valence-electron chi connectivity index (χ1n) is 5.71. The first-order valence-corrected chi connectivity index (χ1v) is 6.76. The topological polar surface area (TPSA) is 46.1 Å². The number of aromatic nitrogens is 2. The van der Waals surface area contributed by atoms with Crippen molar-refractivity contribution in [3.05, 3.63) is 54.2 Å². The number of anilines is 1. The monoisotopic (exact) mass is 275 g/mol. The predicted octanol–water partition coefficient (Wildman–Crippen LogP) is 2.39. The van der Waals surface area contributed by atoms with Crippen molar-refractivity contribution in [3.63, 3.8) is 0 Å². The number of hydrogen-bond acceptors (Lipinski definition) is 4. The summed E-state index contributed by atoms with van der Waals surface area (Å²) in [6.45, 7) is 0. The standard InChI is InChI=1S/C13H10FN3OS/c14-10-3-1-2-9(6-10)13-17(12(18)8-19-13)11-7-15-4-5-16-11/h1-7,13H,8H2. The first-order chi connectivity index (χ1) is 9.25. The largest absolute Gasteiger partial charge is 0.278 e. The quantitative estimate of drug-likeness (QED) is 0.844. The summed E-state index contributed by atoms with van der Waals surface area (Å²) in [6, 6.07) is 6.28.